The summed E-state index contributed by atoms with van der Waals surface area (Å²) >= 11 is 0. The van der Waals surface area contributed by atoms with E-state index >= 15 is 0 Å². The van der Waals surface area contributed by atoms with Gasteiger partial charge >= 0.3 is 6.09 Å². The molecular formula is C3H11Cl4NO2. The maximum atomic E-state index is 9.60. The molecule has 10 heavy (non-hydrogen) atoms. The minimum Gasteiger partial charge on any atom is -0.450 e. The van der Waals surface area contributed by atoms with Crippen molar-refractivity contribution in [1.29, 1.82) is 0 Å². The van der Waals surface area contributed by atoms with Crippen LogP contribution in [0.25, 0.3) is 0 Å². The Bertz CT molecular complexity index is 62.5. The summed E-state index contributed by atoms with van der Waals surface area (Å²) in [5.41, 5.74) is 4.54. The quantitative estimate of drug-likeness (QED) is 0.752. The molecule has 0 aromatic carbocycles. The number of carbonyl (C=O) groups excluding carboxylic acids is 1. The fourth-order valence-corrected chi connectivity index (χ4v) is 0.142. The van der Waals surface area contributed by atoms with Crippen LogP contribution in [0.1, 0.15) is 6.92 Å². The van der Waals surface area contributed by atoms with Crippen LogP contribution in [0.2, 0.25) is 0 Å². The minimum absolute atomic E-state index is 0. The van der Waals surface area contributed by atoms with Gasteiger partial charge in [-0.05, 0) is 6.92 Å². The van der Waals surface area contributed by atoms with Crippen molar-refractivity contribution < 1.29 is 9.53 Å². The molecule has 0 unspecified atom stereocenters. The first kappa shape index (κ1) is 31.5. The second-order valence-electron chi connectivity index (χ2n) is 0.752. The molecular weight excluding hydrogens is 224 g/mol. The van der Waals surface area contributed by atoms with E-state index in [1.54, 1.807) is 6.92 Å². The van der Waals surface area contributed by atoms with Gasteiger partial charge in [-0.25, -0.2) is 4.79 Å². The summed E-state index contributed by atoms with van der Waals surface area (Å²) in [5.74, 6) is 0. The van der Waals surface area contributed by atoms with Crippen LogP contribution >= 0.6 is 49.6 Å². The SMILES string of the molecule is CCOC(N)=O.Cl.Cl.Cl.Cl. The number of amides is 1. The predicted molar refractivity (Wildman–Crippen MR) is 50.2 cm³/mol. The standard InChI is InChI=1S/C3H7NO2.4ClH/c1-2-6-3(4)5;;;;/h2H2,1H3,(H2,4,5);4*1H. The van der Waals surface area contributed by atoms with Crippen molar-refractivity contribution in [3.05, 3.63) is 0 Å². The molecule has 7 heteroatoms. The Hall–Kier alpha value is 0.430. The van der Waals surface area contributed by atoms with Crippen LogP contribution in [0, 0.1) is 0 Å². The Kier molecular flexibility index (Phi) is 71.5. The van der Waals surface area contributed by atoms with E-state index in [0.29, 0.717) is 6.61 Å². The van der Waals surface area contributed by atoms with Gasteiger partial charge in [-0.1, -0.05) is 0 Å². The van der Waals surface area contributed by atoms with Gasteiger partial charge in [-0.2, -0.15) is 0 Å². The van der Waals surface area contributed by atoms with Crippen molar-refractivity contribution >= 4 is 55.7 Å². The maximum absolute atomic E-state index is 9.60. The highest BCUT2D eigenvalue weighted by molar-refractivity contribution is 5.86. The molecule has 68 valence electrons. The fourth-order valence-electron chi connectivity index (χ4n) is 0.142. The van der Waals surface area contributed by atoms with Gasteiger partial charge in [0.15, 0.2) is 0 Å². The topological polar surface area (TPSA) is 52.3 Å². The van der Waals surface area contributed by atoms with Crippen LogP contribution in [0.5, 0.6) is 0 Å². The number of primary amides is 1. The molecule has 0 aromatic heterocycles. The van der Waals surface area contributed by atoms with Gasteiger partial charge < -0.3 is 10.5 Å². The van der Waals surface area contributed by atoms with Crippen LogP contribution in [0.3, 0.4) is 0 Å². The van der Waals surface area contributed by atoms with E-state index in [4.69, 9.17) is 0 Å². The van der Waals surface area contributed by atoms with Crippen LogP contribution in [0.15, 0.2) is 0 Å². The number of ether oxygens (including phenoxy) is 1. The van der Waals surface area contributed by atoms with E-state index in [2.05, 4.69) is 10.5 Å². The largest absolute Gasteiger partial charge is 0.450 e. The molecule has 2 N–H and O–H groups in total. The lowest BCUT2D eigenvalue weighted by Crippen LogP contribution is -2.11. The lowest BCUT2D eigenvalue weighted by atomic mass is 10.9. The van der Waals surface area contributed by atoms with E-state index in [0.717, 1.165) is 0 Å². The maximum Gasteiger partial charge on any atom is 0.404 e. The van der Waals surface area contributed by atoms with Gasteiger partial charge in [-0.15, -0.1) is 49.6 Å². The average molecular weight is 235 g/mol. The highest BCUT2D eigenvalue weighted by atomic mass is 35.5. The number of hydrogen-bond donors (Lipinski definition) is 1. The Labute approximate surface area is 84.7 Å². The Balaban J connectivity index is -0.0000000208. The Morgan fingerprint density at radius 3 is 1.60 bits per heavy atom. The summed E-state index contributed by atoms with van der Waals surface area (Å²) in [6.45, 7) is 2.06. The monoisotopic (exact) mass is 233 g/mol. The van der Waals surface area contributed by atoms with Crippen molar-refractivity contribution in [2.24, 2.45) is 5.73 Å². The highest BCUT2D eigenvalue weighted by Crippen LogP contribution is 1.66. The van der Waals surface area contributed by atoms with Crippen molar-refractivity contribution in [3.8, 4) is 0 Å². The van der Waals surface area contributed by atoms with Crippen LogP contribution in [0.4, 0.5) is 4.79 Å². The predicted octanol–water partition coefficient (Wildman–Crippen LogP) is 1.79. The summed E-state index contributed by atoms with van der Waals surface area (Å²) in [6, 6.07) is 0. The molecule has 0 saturated heterocycles. The van der Waals surface area contributed by atoms with E-state index in [1.807, 2.05) is 0 Å². The Morgan fingerprint density at radius 1 is 1.30 bits per heavy atom. The summed E-state index contributed by atoms with van der Waals surface area (Å²) < 4.78 is 4.18. The van der Waals surface area contributed by atoms with Crippen molar-refractivity contribution in [2.75, 3.05) is 6.61 Å². The first-order valence-electron chi connectivity index (χ1n) is 1.69. The smallest absolute Gasteiger partial charge is 0.404 e. The average Bonchev–Trinajstić information content (AvgIpc) is 1.35. The third kappa shape index (κ3) is 39.6. The molecule has 0 atom stereocenters. The molecule has 0 aliphatic heterocycles. The van der Waals surface area contributed by atoms with Crippen molar-refractivity contribution in [2.45, 2.75) is 6.92 Å². The lowest BCUT2D eigenvalue weighted by Gasteiger charge is -1.89. The van der Waals surface area contributed by atoms with Crippen LogP contribution < -0.4 is 5.73 Å². The third-order valence-corrected chi connectivity index (χ3v) is 0.287. The molecule has 0 aliphatic rings. The number of hydrogen-bond acceptors (Lipinski definition) is 2. The number of halogens is 4. The molecule has 1 amide bonds. The normalized spacial score (nSPS) is 4.50. The van der Waals surface area contributed by atoms with Gasteiger partial charge in [-0.3, -0.25) is 0 Å². The molecule has 0 fully saturated rings. The van der Waals surface area contributed by atoms with E-state index in [9.17, 15) is 4.79 Å². The number of nitrogens with two attached hydrogens (primary N) is 1. The number of rotatable bonds is 1. The lowest BCUT2D eigenvalue weighted by molar-refractivity contribution is 0.163. The van der Waals surface area contributed by atoms with Gasteiger partial charge in [0.2, 0.25) is 0 Å². The van der Waals surface area contributed by atoms with Crippen molar-refractivity contribution in [3.63, 3.8) is 0 Å². The summed E-state index contributed by atoms with van der Waals surface area (Å²) in [6.07, 6.45) is -0.711. The third-order valence-electron chi connectivity index (χ3n) is 0.287. The van der Waals surface area contributed by atoms with Crippen LogP contribution in [-0.2, 0) is 4.74 Å². The van der Waals surface area contributed by atoms with E-state index < -0.39 is 6.09 Å². The van der Waals surface area contributed by atoms with Gasteiger partial charge in [0, 0.05) is 0 Å². The number of carbonyl (C=O) groups is 1. The molecule has 0 aliphatic carbocycles. The zero-order valence-corrected chi connectivity index (χ0v) is 8.50. The highest BCUT2D eigenvalue weighted by Gasteiger charge is 1.82. The minimum atomic E-state index is -0.711. The van der Waals surface area contributed by atoms with E-state index in [-0.39, 0.29) is 49.6 Å². The van der Waals surface area contributed by atoms with E-state index in [1.165, 1.54) is 0 Å². The fraction of sp³-hybridized carbons (Fsp3) is 0.667. The van der Waals surface area contributed by atoms with Gasteiger partial charge in [0.05, 0.1) is 6.61 Å². The summed E-state index contributed by atoms with van der Waals surface area (Å²) in [5, 5.41) is 0. The van der Waals surface area contributed by atoms with Crippen LogP contribution in [-0.4, -0.2) is 12.7 Å². The summed E-state index contributed by atoms with van der Waals surface area (Å²) in [4.78, 5) is 9.60. The second-order valence-corrected chi connectivity index (χ2v) is 0.752. The molecule has 0 radical (unpaired) electrons. The first-order valence-corrected chi connectivity index (χ1v) is 1.69. The molecule has 0 rings (SSSR count). The summed E-state index contributed by atoms with van der Waals surface area (Å²) in [7, 11) is 0. The molecule has 0 bridgehead atoms. The van der Waals surface area contributed by atoms with Gasteiger partial charge in [0.1, 0.15) is 0 Å². The first-order chi connectivity index (χ1) is 2.77. The molecule has 0 aromatic rings. The zero-order chi connectivity index (χ0) is 4.99. The molecule has 3 nitrogen and oxygen atoms in total. The zero-order valence-electron chi connectivity index (χ0n) is 5.23. The van der Waals surface area contributed by atoms with Crippen molar-refractivity contribution in [1.82, 2.24) is 0 Å². The molecule has 0 spiro atoms. The Morgan fingerprint density at radius 2 is 1.60 bits per heavy atom. The molecule has 0 heterocycles. The van der Waals surface area contributed by atoms with Gasteiger partial charge in [0.25, 0.3) is 0 Å². The second kappa shape index (κ2) is 22.7. The molecule has 0 saturated carbocycles.